The Morgan fingerprint density at radius 1 is 0.750 bits per heavy atom. The van der Waals surface area contributed by atoms with Crippen LogP contribution in [0.3, 0.4) is 0 Å². The normalized spacial score (nSPS) is 13.1. The molecule has 0 spiro atoms. The Bertz CT molecular complexity index is 1350. The zero-order valence-electron chi connectivity index (χ0n) is 27.3. The van der Waals surface area contributed by atoms with Gasteiger partial charge in [-0.15, -0.1) is 13.2 Å². The number of thioether (sulfide) groups is 2. The number of benzene rings is 2. The second kappa shape index (κ2) is 14.8. The fraction of sp³-hybridized carbons (Fsp3) is 0.471. The summed E-state index contributed by atoms with van der Waals surface area (Å²) in [5, 5.41) is 0. The van der Waals surface area contributed by atoms with Crippen molar-refractivity contribution in [1.29, 1.82) is 0 Å². The number of aryl methyl sites for hydroxylation is 2. The number of rotatable bonds is 14. The third-order valence-electron chi connectivity index (χ3n) is 6.78. The predicted octanol–water partition coefficient (Wildman–Crippen LogP) is 8.51. The maximum absolute atomic E-state index is 14.5. The summed E-state index contributed by atoms with van der Waals surface area (Å²) in [5.74, 6) is 2.33. The van der Waals surface area contributed by atoms with Crippen molar-refractivity contribution < 1.29 is 32.4 Å². The van der Waals surface area contributed by atoms with Crippen LogP contribution < -0.4 is 9.47 Å². The third kappa shape index (κ3) is 9.81. The van der Waals surface area contributed by atoms with Gasteiger partial charge in [-0.2, -0.15) is 23.5 Å². The molecule has 0 aromatic heterocycles. The van der Waals surface area contributed by atoms with E-state index in [0.717, 1.165) is 11.5 Å². The first kappa shape index (κ1) is 37.8. The predicted molar refractivity (Wildman–Crippen MR) is 185 cm³/mol. The highest BCUT2D eigenvalue weighted by molar-refractivity contribution is 8.10. The van der Waals surface area contributed by atoms with Gasteiger partial charge in [0.2, 0.25) is 0 Å². The molecule has 7 nitrogen and oxygen atoms in total. The Labute approximate surface area is 271 Å². The largest absolute Gasteiger partial charge is 0.426 e. The molecule has 244 valence electrons. The van der Waals surface area contributed by atoms with Gasteiger partial charge in [-0.3, -0.25) is 9.59 Å². The molecule has 2 aromatic carbocycles. The van der Waals surface area contributed by atoms with Gasteiger partial charge in [-0.1, -0.05) is 53.7 Å². The van der Waals surface area contributed by atoms with Gasteiger partial charge in [0.15, 0.2) is 0 Å². The number of carbonyl (C=O) groups excluding carboxylic acids is 2. The van der Waals surface area contributed by atoms with Crippen LogP contribution in [0.4, 0.5) is 0 Å². The molecular weight excluding hydrogens is 617 g/mol. The van der Waals surface area contributed by atoms with Crippen molar-refractivity contribution in [3.05, 3.63) is 71.8 Å². The van der Waals surface area contributed by atoms with Gasteiger partial charge >= 0.3 is 11.9 Å². The van der Waals surface area contributed by atoms with Gasteiger partial charge in [-0.05, 0) is 60.1 Å². The Morgan fingerprint density at radius 3 is 1.39 bits per heavy atom. The van der Waals surface area contributed by atoms with E-state index in [1.165, 1.54) is 24.3 Å². The lowest BCUT2D eigenvalue weighted by Crippen LogP contribution is -2.35. The van der Waals surface area contributed by atoms with Crippen molar-refractivity contribution in [3.63, 3.8) is 0 Å². The van der Waals surface area contributed by atoms with E-state index in [1.54, 1.807) is 49.5 Å². The molecule has 10 heteroatoms. The van der Waals surface area contributed by atoms with Crippen LogP contribution in [0.1, 0.15) is 76.6 Å². The molecule has 2 aromatic rings. The monoisotopic (exact) mass is 664 g/mol. The minimum atomic E-state index is -5.69. The standard InChI is InChI=1S/C34H48O7S3/c1-11-15-42-17-13-31(35)40-27-19-23(3)29(21-25(27)33(5,6)7)44(37,38,39)30-22-26(34(8,9)10)28(20-24(30)4)41-32(36)14-18-43-16-12-2/h11-12,19-22H,1-2,13-18H2,3-10H3,(H2,37,38,39). The summed E-state index contributed by atoms with van der Waals surface area (Å²) in [4.78, 5) is 24.9. The minimum Gasteiger partial charge on any atom is -0.426 e. The number of hydrogen-bond donors (Lipinski definition) is 2. The van der Waals surface area contributed by atoms with E-state index in [-0.39, 0.29) is 45.3 Å². The molecule has 0 aliphatic carbocycles. The van der Waals surface area contributed by atoms with Crippen LogP contribution in [-0.4, -0.2) is 48.3 Å². The Morgan fingerprint density at radius 2 is 1.09 bits per heavy atom. The average molecular weight is 665 g/mol. The van der Waals surface area contributed by atoms with Crippen LogP contribution in [0.25, 0.3) is 0 Å². The molecule has 0 radical (unpaired) electrons. The molecule has 0 saturated carbocycles. The molecule has 2 rings (SSSR count). The lowest BCUT2D eigenvalue weighted by molar-refractivity contribution is -0.134. The molecular formula is C34H48O7S3. The molecule has 0 aliphatic rings. The highest BCUT2D eigenvalue weighted by Crippen LogP contribution is 2.47. The molecule has 0 unspecified atom stereocenters. The minimum absolute atomic E-state index is 0.180. The van der Waals surface area contributed by atoms with Crippen molar-refractivity contribution in [3.8, 4) is 11.5 Å². The van der Waals surface area contributed by atoms with Crippen molar-refractivity contribution >= 4 is 45.1 Å². The van der Waals surface area contributed by atoms with E-state index in [2.05, 4.69) is 13.2 Å². The van der Waals surface area contributed by atoms with Crippen molar-refractivity contribution in [2.24, 2.45) is 0 Å². The lowest BCUT2D eigenvalue weighted by atomic mass is 9.85. The van der Waals surface area contributed by atoms with Gasteiger partial charge in [-0.25, -0.2) is 4.21 Å². The summed E-state index contributed by atoms with van der Waals surface area (Å²) in [6.07, 6.45) is 3.93. The Kier molecular flexibility index (Phi) is 12.7. The summed E-state index contributed by atoms with van der Waals surface area (Å²) in [6, 6.07) is 5.99. The molecule has 0 amide bonds. The molecule has 2 N–H and O–H groups in total. The number of ether oxygens (including phenoxy) is 2. The third-order valence-corrected chi connectivity index (χ3v) is 11.2. The molecule has 0 heterocycles. The highest BCUT2D eigenvalue weighted by Gasteiger charge is 2.41. The average Bonchev–Trinajstić information content (AvgIpc) is 2.87. The zero-order valence-corrected chi connectivity index (χ0v) is 29.7. The Hall–Kier alpha value is -2.37. The first-order valence-corrected chi connectivity index (χ1v) is 18.7. The highest BCUT2D eigenvalue weighted by atomic mass is 32.3. The van der Waals surface area contributed by atoms with E-state index in [9.17, 15) is 22.9 Å². The molecule has 44 heavy (non-hydrogen) atoms. The second-order valence-corrected chi connectivity index (χ2v) is 17.7. The van der Waals surface area contributed by atoms with Crippen molar-refractivity contribution in [2.45, 2.75) is 88.9 Å². The van der Waals surface area contributed by atoms with Crippen molar-refractivity contribution in [1.82, 2.24) is 0 Å². The lowest BCUT2D eigenvalue weighted by Gasteiger charge is -2.37. The number of carbonyl (C=O) groups is 2. The van der Waals surface area contributed by atoms with Crippen molar-refractivity contribution in [2.75, 3.05) is 23.0 Å². The summed E-state index contributed by atoms with van der Waals surface area (Å²) in [6.45, 7) is 21.9. The van der Waals surface area contributed by atoms with E-state index >= 15 is 0 Å². The summed E-state index contributed by atoms with van der Waals surface area (Å²) in [7, 11) is -5.69. The number of hydrogen-bond acceptors (Lipinski definition) is 7. The zero-order chi connectivity index (χ0) is 33.5. The maximum atomic E-state index is 14.5. The first-order chi connectivity index (χ1) is 20.2. The van der Waals surface area contributed by atoms with Gasteiger partial charge in [0, 0.05) is 34.1 Å². The molecule has 0 aliphatic heterocycles. The molecule has 0 saturated heterocycles. The summed E-state index contributed by atoms with van der Waals surface area (Å²) in [5.41, 5.74) is 0.376. The van der Waals surface area contributed by atoms with E-state index in [1.807, 2.05) is 41.5 Å². The number of esters is 2. The topological polar surface area (TPSA) is 110 Å². The van der Waals surface area contributed by atoms with Crippen LogP contribution in [-0.2, 0) is 30.0 Å². The van der Waals surface area contributed by atoms with Crippen LogP contribution in [0.2, 0.25) is 0 Å². The fourth-order valence-electron chi connectivity index (χ4n) is 4.57. The van der Waals surface area contributed by atoms with E-state index < -0.39 is 32.4 Å². The second-order valence-electron chi connectivity index (χ2n) is 12.8. The quantitative estimate of drug-likeness (QED) is 0.0889. The van der Waals surface area contributed by atoms with Gasteiger partial charge in [0.05, 0.1) is 22.6 Å². The molecule has 0 fully saturated rings. The first-order valence-electron chi connectivity index (χ1n) is 14.5. The van der Waals surface area contributed by atoms with Gasteiger partial charge in [0.1, 0.15) is 21.1 Å². The smallest absolute Gasteiger partial charge is 0.312 e. The van der Waals surface area contributed by atoms with E-state index in [0.29, 0.717) is 22.6 Å². The van der Waals surface area contributed by atoms with Crippen LogP contribution in [0.15, 0.2) is 59.4 Å². The summed E-state index contributed by atoms with van der Waals surface area (Å²) >= 11 is 3.13. The van der Waals surface area contributed by atoms with Gasteiger partial charge < -0.3 is 18.6 Å². The van der Waals surface area contributed by atoms with Gasteiger partial charge in [0.25, 0.3) is 0 Å². The maximum Gasteiger partial charge on any atom is 0.312 e. The SMILES string of the molecule is C=CCSCCC(=O)Oc1cc(C)c(S(=O)(O)(O)c2cc(C(C)(C)C)c(OC(=O)CCSCC=C)cc2C)cc1C(C)(C)C. The Balaban J connectivity index is 2.63. The van der Waals surface area contributed by atoms with Crippen LogP contribution in [0.5, 0.6) is 11.5 Å². The molecule has 0 atom stereocenters. The van der Waals surface area contributed by atoms with E-state index in [4.69, 9.17) is 9.47 Å². The summed E-state index contributed by atoms with van der Waals surface area (Å²) < 4.78 is 49.6. The van der Waals surface area contributed by atoms with Crippen LogP contribution >= 0.6 is 23.5 Å². The molecule has 0 bridgehead atoms. The fourth-order valence-corrected chi connectivity index (χ4v) is 8.03. The van der Waals surface area contributed by atoms with Crippen LogP contribution in [0, 0.1) is 13.8 Å².